The lowest BCUT2D eigenvalue weighted by molar-refractivity contribution is -0.123. The predicted molar refractivity (Wildman–Crippen MR) is 110 cm³/mol. The third kappa shape index (κ3) is 5.28. The minimum absolute atomic E-state index is 0.131. The number of carbonyl (C=O) groups excluding carboxylic acids is 1. The smallest absolute Gasteiger partial charge is 0.149 e. The molecule has 2 fully saturated rings. The maximum Gasteiger partial charge on any atom is 0.149 e. The molecule has 0 N–H and O–H groups in total. The average molecular weight is 373 g/mol. The van der Waals surface area contributed by atoms with Crippen molar-refractivity contribution in [1.82, 2.24) is 14.9 Å². The Balaban J connectivity index is 1.55. The summed E-state index contributed by atoms with van der Waals surface area (Å²) in [5, 5.41) is 0. The van der Waals surface area contributed by atoms with Crippen molar-refractivity contribution in [3.63, 3.8) is 0 Å². The molecule has 3 heterocycles. The summed E-state index contributed by atoms with van der Waals surface area (Å²) in [6, 6.07) is 2.22. The van der Waals surface area contributed by atoms with Crippen LogP contribution in [0.15, 0.2) is 12.4 Å². The number of carbonyl (C=O) groups is 1. The maximum atomic E-state index is 12.0. The summed E-state index contributed by atoms with van der Waals surface area (Å²) >= 11 is 0. The topological polar surface area (TPSA) is 49.3 Å². The van der Waals surface area contributed by atoms with E-state index in [9.17, 15) is 4.79 Å². The van der Waals surface area contributed by atoms with Crippen molar-refractivity contribution in [3.8, 4) is 0 Å². The molecular formula is C22H36N4O. The van der Waals surface area contributed by atoms with Gasteiger partial charge in [0.1, 0.15) is 17.9 Å². The molecule has 5 heteroatoms. The van der Waals surface area contributed by atoms with E-state index in [1.165, 1.54) is 18.5 Å². The summed E-state index contributed by atoms with van der Waals surface area (Å²) in [4.78, 5) is 25.9. The zero-order valence-electron chi connectivity index (χ0n) is 17.5. The number of rotatable bonds is 6. The Bertz CT molecular complexity index is 614. The Kier molecular flexibility index (Phi) is 6.85. The lowest BCUT2D eigenvalue weighted by Crippen LogP contribution is -2.38. The Labute approximate surface area is 164 Å². The van der Waals surface area contributed by atoms with Crippen molar-refractivity contribution in [2.75, 3.05) is 37.6 Å². The first-order valence-corrected chi connectivity index (χ1v) is 10.8. The maximum absolute atomic E-state index is 12.0. The van der Waals surface area contributed by atoms with E-state index >= 15 is 0 Å². The first-order valence-electron chi connectivity index (χ1n) is 10.8. The van der Waals surface area contributed by atoms with Crippen molar-refractivity contribution < 1.29 is 4.79 Å². The Morgan fingerprint density at radius 1 is 1.04 bits per heavy atom. The Morgan fingerprint density at radius 3 is 2.30 bits per heavy atom. The molecule has 0 bridgehead atoms. The van der Waals surface area contributed by atoms with Crippen molar-refractivity contribution in [2.45, 2.75) is 59.3 Å². The molecule has 1 aromatic heterocycles. The number of Topliss-reactive ketones (excluding diaryl/α,β-unsaturated/α-hetero) is 1. The minimum Gasteiger partial charge on any atom is -0.356 e. The third-order valence-electron chi connectivity index (χ3n) is 6.51. The van der Waals surface area contributed by atoms with Crippen molar-refractivity contribution in [3.05, 3.63) is 18.1 Å². The highest BCUT2D eigenvalue weighted by molar-refractivity contribution is 5.82. The van der Waals surface area contributed by atoms with E-state index < -0.39 is 0 Å². The number of hydrogen-bond donors (Lipinski definition) is 0. The van der Waals surface area contributed by atoms with Gasteiger partial charge in [-0.05, 0) is 50.6 Å². The van der Waals surface area contributed by atoms with Crippen LogP contribution in [0, 0.1) is 17.8 Å². The van der Waals surface area contributed by atoms with Gasteiger partial charge in [-0.2, -0.15) is 0 Å². The van der Waals surface area contributed by atoms with Crippen LogP contribution in [0.2, 0.25) is 0 Å². The highest BCUT2D eigenvalue weighted by atomic mass is 16.1. The molecule has 150 valence electrons. The number of piperidine rings is 2. The van der Waals surface area contributed by atoms with Gasteiger partial charge in [0, 0.05) is 36.7 Å². The standard InChI is InChI=1S/C22H36N4O/c1-16(2)18-7-11-26(12-8-18)22-13-20(23-15-24-22)19-5-9-25(10-6-19)14-21(27)17(3)4/h13,15-19H,5-12,14H2,1-4H3. The van der Waals surface area contributed by atoms with Crippen LogP contribution in [0.3, 0.4) is 0 Å². The molecule has 2 saturated heterocycles. The lowest BCUT2D eigenvalue weighted by atomic mass is 9.86. The molecule has 0 saturated carbocycles. The monoisotopic (exact) mass is 372 g/mol. The summed E-state index contributed by atoms with van der Waals surface area (Å²) in [6.07, 6.45) is 6.43. The fraction of sp³-hybridized carbons (Fsp3) is 0.773. The Hall–Kier alpha value is -1.49. The third-order valence-corrected chi connectivity index (χ3v) is 6.51. The van der Waals surface area contributed by atoms with Gasteiger partial charge < -0.3 is 4.90 Å². The van der Waals surface area contributed by atoms with Crippen LogP contribution in [0.1, 0.15) is 65.0 Å². The van der Waals surface area contributed by atoms with E-state index in [0.29, 0.717) is 18.2 Å². The summed E-state index contributed by atoms with van der Waals surface area (Å²) < 4.78 is 0. The van der Waals surface area contributed by atoms with E-state index in [2.05, 4.69) is 39.7 Å². The normalized spacial score (nSPS) is 20.6. The van der Waals surface area contributed by atoms with Crippen LogP contribution in [0.25, 0.3) is 0 Å². The molecule has 2 aliphatic rings. The average Bonchev–Trinajstić information content (AvgIpc) is 2.68. The molecule has 0 aliphatic carbocycles. The number of aromatic nitrogens is 2. The fourth-order valence-corrected chi connectivity index (χ4v) is 4.34. The molecule has 0 radical (unpaired) electrons. The molecule has 0 aromatic carbocycles. The predicted octanol–water partition coefficient (Wildman–Crippen LogP) is 3.75. The minimum atomic E-state index is 0.131. The highest BCUT2D eigenvalue weighted by Gasteiger charge is 2.26. The van der Waals surface area contributed by atoms with Gasteiger partial charge in [0.2, 0.25) is 0 Å². The van der Waals surface area contributed by atoms with Crippen molar-refractivity contribution in [1.29, 1.82) is 0 Å². The van der Waals surface area contributed by atoms with Crippen LogP contribution >= 0.6 is 0 Å². The van der Waals surface area contributed by atoms with E-state index in [4.69, 9.17) is 0 Å². The Morgan fingerprint density at radius 2 is 1.70 bits per heavy atom. The number of hydrogen-bond acceptors (Lipinski definition) is 5. The van der Waals surface area contributed by atoms with Crippen LogP contribution in [0.4, 0.5) is 5.82 Å². The van der Waals surface area contributed by atoms with Crippen molar-refractivity contribution >= 4 is 11.6 Å². The molecular weight excluding hydrogens is 336 g/mol. The quantitative estimate of drug-likeness (QED) is 0.761. The van der Waals surface area contributed by atoms with Gasteiger partial charge in [-0.3, -0.25) is 9.69 Å². The molecule has 0 unspecified atom stereocenters. The second-order valence-electron chi connectivity index (χ2n) is 9.04. The van der Waals surface area contributed by atoms with Gasteiger partial charge in [-0.15, -0.1) is 0 Å². The van der Waals surface area contributed by atoms with E-state index in [1.807, 2.05) is 13.8 Å². The van der Waals surface area contributed by atoms with Gasteiger partial charge in [0.05, 0.1) is 6.54 Å². The summed E-state index contributed by atoms with van der Waals surface area (Å²) in [5.41, 5.74) is 1.18. The summed E-state index contributed by atoms with van der Waals surface area (Å²) in [7, 11) is 0. The van der Waals surface area contributed by atoms with Crippen LogP contribution in [0.5, 0.6) is 0 Å². The molecule has 2 aliphatic heterocycles. The fourth-order valence-electron chi connectivity index (χ4n) is 4.34. The van der Waals surface area contributed by atoms with E-state index in [-0.39, 0.29) is 5.92 Å². The first kappa shape index (κ1) is 20.2. The number of likely N-dealkylation sites (tertiary alicyclic amines) is 1. The van der Waals surface area contributed by atoms with Crippen LogP contribution in [-0.4, -0.2) is 53.4 Å². The number of ketones is 1. The van der Waals surface area contributed by atoms with Gasteiger partial charge >= 0.3 is 0 Å². The molecule has 0 spiro atoms. The summed E-state index contributed by atoms with van der Waals surface area (Å²) in [6.45, 7) is 13.4. The molecule has 0 amide bonds. The van der Waals surface area contributed by atoms with Gasteiger partial charge in [0.15, 0.2) is 0 Å². The second kappa shape index (κ2) is 9.13. The van der Waals surface area contributed by atoms with Gasteiger partial charge in [0.25, 0.3) is 0 Å². The van der Waals surface area contributed by atoms with Crippen LogP contribution < -0.4 is 4.90 Å². The van der Waals surface area contributed by atoms with Gasteiger partial charge in [-0.1, -0.05) is 27.7 Å². The molecule has 3 rings (SSSR count). The zero-order chi connectivity index (χ0) is 19.4. The zero-order valence-corrected chi connectivity index (χ0v) is 17.5. The molecule has 0 atom stereocenters. The van der Waals surface area contributed by atoms with E-state index in [1.54, 1.807) is 6.33 Å². The molecule has 1 aromatic rings. The molecule has 5 nitrogen and oxygen atoms in total. The highest BCUT2D eigenvalue weighted by Crippen LogP contribution is 2.30. The van der Waals surface area contributed by atoms with Crippen molar-refractivity contribution in [2.24, 2.45) is 17.8 Å². The number of nitrogens with zero attached hydrogens (tertiary/aromatic N) is 4. The van der Waals surface area contributed by atoms with Crippen LogP contribution in [-0.2, 0) is 4.79 Å². The summed E-state index contributed by atoms with van der Waals surface area (Å²) in [5.74, 6) is 3.70. The lowest BCUT2D eigenvalue weighted by Gasteiger charge is -2.35. The second-order valence-corrected chi connectivity index (χ2v) is 9.04. The largest absolute Gasteiger partial charge is 0.356 e. The molecule has 27 heavy (non-hydrogen) atoms. The first-order chi connectivity index (χ1) is 12.9. The van der Waals surface area contributed by atoms with Gasteiger partial charge in [-0.25, -0.2) is 9.97 Å². The number of anilines is 1. The van der Waals surface area contributed by atoms with E-state index in [0.717, 1.165) is 56.7 Å². The SMILES string of the molecule is CC(C)C(=O)CN1CCC(c2cc(N3CCC(C(C)C)CC3)ncn2)CC1.